The van der Waals surface area contributed by atoms with E-state index in [4.69, 9.17) is 0 Å². The molecule has 4 nitrogen and oxygen atoms in total. The van der Waals surface area contributed by atoms with E-state index in [1.165, 1.54) is 4.31 Å². The molecule has 1 N–H and O–H groups in total. The predicted molar refractivity (Wildman–Crippen MR) is 79.9 cm³/mol. The lowest BCUT2D eigenvalue weighted by Gasteiger charge is -2.25. The van der Waals surface area contributed by atoms with Gasteiger partial charge in [-0.1, -0.05) is 13.8 Å². The summed E-state index contributed by atoms with van der Waals surface area (Å²) in [7, 11) is 0.0498. The van der Waals surface area contributed by atoms with Gasteiger partial charge in [-0.25, -0.2) is 8.42 Å². The Morgan fingerprint density at radius 3 is 2.11 bits per heavy atom. The summed E-state index contributed by atoms with van der Waals surface area (Å²) in [5.41, 5.74) is 0.900. The van der Waals surface area contributed by atoms with Crippen molar-refractivity contribution in [2.24, 2.45) is 5.92 Å². The average Bonchev–Trinajstić information content (AvgIpc) is 2.37. The Balaban J connectivity index is 2.95. The fraction of sp³-hybridized carbons (Fsp3) is 0.571. The highest BCUT2D eigenvalue weighted by Crippen LogP contribution is 2.21. The van der Waals surface area contributed by atoms with Crippen LogP contribution in [0.2, 0.25) is 0 Å². The van der Waals surface area contributed by atoms with Crippen LogP contribution in [0.4, 0.5) is 5.69 Å². The number of hydrogen-bond acceptors (Lipinski definition) is 3. The van der Waals surface area contributed by atoms with Crippen molar-refractivity contribution in [3.05, 3.63) is 24.3 Å². The summed E-state index contributed by atoms with van der Waals surface area (Å²) in [6, 6.07) is 6.82. The first-order chi connectivity index (χ1) is 8.78. The molecular weight excluding hydrogens is 260 g/mol. The molecule has 0 aromatic heterocycles. The minimum Gasteiger partial charge on any atom is -0.388 e. The van der Waals surface area contributed by atoms with Gasteiger partial charge >= 0.3 is 0 Å². The van der Waals surface area contributed by atoms with Crippen molar-refractivity contribution in [2.45, 2.75) is 38.1 Å². The summed E-state index contributed by atoms with van der Waals surface area (Å²) in [5.74, 6) is 0.472. The normalized spacial score (nSPS) is 13.8. The topological polar surface area (TPSA) is 49.4 Å². The van der Waals surface area contributed by atoms with E-state index >= 15 is 0 Å². The molecular formula is C14H24N2O2S. The first-order valence-corrected chi connectivity index (χ1v) is 7.99. The van der Waals surface area contributed by atoms with Gasteiger partial charge < -0.3 is 5.32 Å². The van der Waals surface area contributed by atoms with E-state index in [2.05, 4.69) is 19.2 Å². The number of nitrogens with one attached hydrogen (secondary N) is 1. The Kier molecular flexibility index (Phi) is 5.38. The van der Waals surface area contributed by atoms with Crippen molar-refractivity contribution in [1.82, 2.24) is 4.31 Å². The van der Waals surface area contributed by atoms with E-state index in [0.29, 0.717) is 10.8 Å². The van der Waals surface area contributed by atoms with Gasteiger partial charge in [0.1, 0.15) is 0 Å². The lowest BCUT2D eigenvalue weighted by Crippen LogP contribution is -2.35. The highest BCUT2D eigenvalue weighted by molar-refractivity contribution is 7.89. The van der Waals surface area contributed by atoms with Gasteiger partial charge in [0.2, 0.25) is 10.0 Å². The summed E-state index contributed by atoms with van der Waals surface area (Å²) in [6.07, 6.45) is 0.852. The lowest BCUT2D eigenvalue weighted by atomic mass is 10.1. The average molecular weight is 284 g/mol. The lowest BCUT2D eigenvalue weighted by molar-refractivity contribution is 0.338. The molecule has 5 heteroatoms. The number of nitrogens with zero attached hydrogens (tertiary/aromatic N) is 1. The van der Waals surface area contributed by atoms with E-state index in [9.17, 15) is 8.42 Å². The summed E-state index contributed by atoms with van der Waals surface area (Å²) < 4.78 is 26.4. The molecule has 1 aromatic rings. The van der Waals surface area contributed by atoms with Crippen LogP contribution in [0.15, 0.2) is 29.2 Å². The zero-order valence-corrected chi connectivity index (χ0v) is 13.2. The Hall–Kier alpha value is -1.07. The molecule has 1 atom stereocenters. The standard InChI is InChI=1S/C14H24N2O2S/c1-11(2)10-12(3)16(5)19(17,18)14-8-6-13(15-4)7-9-14/h6-9,11-12,15H,10H2,1-5H3. The van der Waals surface area contributed by atoms with Gasteiger partial charge in [0, 0.05) is 25.8 Å². The van der Waals surface area contributed by atoms with Crippen LogP contribution in [0.25, 0.3) is 0 Å². The maximum absolute atomic E-state index is 12.5. The van der Waals surface area contributed by atoms with Crippen LogP contribution in [0, 0.1) is 5.92 Å². The molecule has 0 aliphatic rings. The molecule has 108 valence electrons. The second-order valence-corrected chi connectivity index (χ2v) is 7.27. The molecule has 0 aliphatic carbocycles. The first kappa shape index (κ1) is 16.0. The predicted octanol–water partition coefficient (Wildman–Crippen LogP) is 2.78. The minimum absolute atomic E-state index is 0.00558. The molecule has 1 unspecified atom stereocenters. The Morgan fingerprint density at radius 2 is 1.68 bits per heavy atom. The molecule has 0 saturated heterocycles. The van der Waals surface area contributed by atoms with E-state index < -0.39 is 10.0 Å². The van der Waals surface area contributed by atoms with Crippen molar-refractivity contribution >= 4 is 15.7 Å². The summed E-state index contributed by atoms with van der Waals surface area (Å²) in [6.45, 7) is 6.14. The van der Waals surface area contributed by atoms with Crippen LogP contribution >= 0.6 is 0 Å². The number of rotatable bonds is 6. The molecule has 0 fully saturated rings. The van der Waals surface area contributed by atoms with Crippen molar-refractivity contribution in [3.8, 4) is 0 Å². The highest BCUT2D eigenvalue weighted by atomic mass is 32.2. The number of hydrogen-bond donors (Lipinski definition) is 1. The van der Waals surface area contributed by atoms with Crippen LogP contribution in [0.1, 0.15) is 27.2 Å². The largest absolute Gasteiger partial charge is 0.388 e. The quantitative estimate of drug-likeness (QED) is 0.874. The van der Waals surface area contributed by atoms with E-state index in [0.717, 1.165) is 12.1 Å². The van der Waals surface area contributed by atoms with Crippen LogP contribution in [0.5, 0.6) is 0 Å². The van der Waals surface area contributed by atoms with Crippen LogP contribution in [-0.2, 0) is 10.0 Å². The highest BCUT2D eigenvalue weighted by Gasteiger charge is 2.25. The smallest absolute Gasteiger partial charge is 0.243 e. The maximum Gasteiger partial charge on any atom is 0.243 e. The van der Waals surface area contributed by atoms with Gasteiger partial charge in [0.05, 0.1) is 4.90 Å². The first-order valence-electron chi connectivity index (χ1n) is 6.55. The van der Waals surface area contributed by atoms with E-state index in [1.807, 2.05) is 6.92 Å². The van der Waals surface area contributed by atoms with Crippen molar-refractivity contribution in [1.29, 1.82) is 0 Å². The fourth-order valence-electron chi connectivity index (χ4n) is 2.03. The maximum atomic E-state index is 12.5. The van der Waals surface area contributed by atoms with Crippen molar-refractivity contribution < 1.29 is 8.42 Å². The van der Waals surface area contributed by atoms with Gasteiger partial charge in [-0.05, 0) is 43.5 Å². The zero-order chi connectivity index (χ0) is 14.6. The van der Waals surface area contributed by atoms with E-state index in [1.54, 1.807) is 38.4 Å². The van der Waals surface area contributed by atoms with Crippen molar-refractivity contribution in [3.63, 3.8) is 0 Å². The molecule has 0 radical (unpaired) electrons. The molecule has 0 bridgehead atoms. The van der Waals surface area contributed by atoms with Gasteiger partial charge in [0.15, 0.2) is 0 Å². The van der Waals surface area contributed by atoms with Crippen LogP contribution in [-0.4, -0.2) is 32.9 Å². The fourth-order valence-corrected chi connectivity index (χ4v) is 3.40. The third-order valence-electron chi connectivity index (χ3n) is 3.25. The van der Waals surface area contributed by atoms with Crippen molar-refractivity contribution in [2.75, 3.05) is 19.4 Å². The zero-order valence-electron chi connectivity index (χ0n) is 12.3. The molecule has 0 spiro atoms. The second kappa shape index (κ2) is 6.39. The molecule has 0 amide bonds. The van der Waals surface area contributed by atoms with Gasteiger partial charge in [-0.3, -0.25) is 0 Å². The minimum atomic E-state index is -3.40. The third kappa shape index (κ3) is 3.94. The molecule has 0 aliphatic heterocycles. The monoisotopic (exact) mass is 284 g/mol. The third-order valence-corrected chi connectivity index (χ3v) is 5.24. The second-order valence-electron chi connectivity index (χ2n) is 5.27. The van der Waals surface area contributed by atoms with Gasteiger partial charge in [-0.15, -0.1) is 0 Å². The Morgan fingerprint density at radius 1 is 1.16 bits per heavy atom. The SMILES string of the molecule is CNc1ccc(S(=O)(=O)N(C)C(C)CC(C)C)cc1. The van der Waals surface area contributed by atoms with E-state index in [-0.39, 0.29) is 6.04 Å². The Labute approximate surface area is 116 Å². The number of benzene rings is 1. The van der Waals surface area contributed by atoms with Gasteiger partial charge in [0.25, 0.3) is 0 Å². The van der Waals surface area contributed by atoms with Gasteiger partial charge in [-0.2, -0.15) is 4.31 Å². The Bertz CT molecular complexity index is 495. The summed E-state index contributed by atoms with van der Waals surface area (Å²) in [4.78, 5) is 0.338. The molecule has 1 aromatic carbocycles. The molecule has 0 heterocycles. The van der Waals surface area contributed by atoms with Crippen LogP contribution < -0.4 is 5.32 Å². The number of sulfonamides is 1. The molecule has 0 saturated carbocycles. The summed E-state index contributed by atoms with van der Waals surface area (Å²) in [5, 5.41) is 2.98. The number of anilines is 1. The summed E-state index contributed by atoms with van der Waals surface area (Å²) >= 11 is 0. The molecule has 19 heavy (non-hydrogen) atoms. The van der Waals surface area contributed by atoms with Crippen LogP contribution in [0.3, 0.4) is 0 Å². The molecule has 1 rings (SSSR count).